The summed E-state index contributed by atoms with van der Waals surface area (Å²) in [5, 5.41) is 0. The average Bonchev–Trinajstić information content (AvgIpc) is 3.04. The Morgan fingerprint density at radius 1 is 1.24 bits per heavy atom. The molecule has 0 amide bonds. The van der Waals surface area contributed by atoms with Gasteiger partial charge in [0.25, 0.3) is 0 Å². The lowest BCUT2D eigenvalue weighted by atomic mass is 9.81. The maximum Gasteiger partial charge on any atom is 0.306 e. The highest BCUT2D eigenvalue weighted by Gasteiger charge is 2.31. The van der Waals surface area contributed by atoms with E-state index in [4.69, 9.17) is 9.47 Å². The molecule has 4 heteroatoms. The number of hydrogen-bond acceptors (Lipinski definition) is 4. The van der Waals surface area contributed by atoms with E-state index in [0.29, 0.717) is 18.6 Å². The molecule has 0 aromatic heterocycles. The van der Waals surface area contributed by atoms with E-state index in [0.717, 1.165) is 32.0 Å². The van der Waals surface area contributed by atoms with Gasteiger partial charge in [0.05, 0.1) is 19.6 Å². The topological polar surface area (TPSA) is 38.8 Å². The number of esters is 1. The van der Waals surface area contributed by atoms with Crippen LogP contribution in [0.25, 0.3) is 0 Å². The van der Waals surface area contributed by atoms with E-state index in [1.807, 2.05) is 0 Å². The van der Waals surface area contributed by atoms with Crippen molar-refractivity contribution in [1.82, 2.24) is 4.90 Å². The largest absolute Gasteiger partial charge is 0.469 e. The minimum Gasteiger partial charge on any atom is -0.469 e. The van der Waals surface area contributed by atoms with Gasteiger partial charge in [-0.2, -0.15) is 0 Å². The molecule has 2 aliphatic rings. The second kappa shape index (κ2) is 8.74. The van der Waals surface area contributed by atoms with Crippen LogP contribution >= 0.6 is 0 Å². The number of hydrogen-bond donors (Lipinski definition) is 0. The van der Waals surface area contributed by atoms with Crippen molar-refractivity contribution in [2.24, 2.45) is 5.92 Å². The summed E-state index contributed by atoms with van der Waals surface area (Å²) in [6.07, 6.45) is 9.73. The molecule has 2 rings (SSSR count). The van der Waals surface area contributed by atoms with E-state index >= 15 is 0 Å². The molecular formula is C17H31NO3. The van der Waals surface area contributed by atoms with E-state index in [2.05, 4.69) is 11.8 Å². The van der Waals surface area contributed by atoms with E-state index in [1.165, 1.54) is 45.6 Å². The molecule has 2 fully saturated rings. The molecule has 1 heterocycles. The first-order valence-electron chi connectivity index (χ1n) is 8.67. The van der Waals surface area contributed by atoms with Crippen LogP contribution in [0, 0.1) is 5.92 Å². The zero-order valence-corrected chi connectivity index (χ0v) is 13.7. The van der Waals surface area contributed by atoms with Crippen molar-refractivity contribution in [2.75, 3.05) is 26.8 Å². The first-order chi connectivity index (χ1) is 10.2. The summed E-state index contributed by atoms with van der Waals surface area (Å²) in [5.74, 6) is 0.675. The molecule has 0 spiro atoms. The molecule has 1 aliphatic heterocycles. The lowest BCUT2D eigenvalue weighted by Crippen LogP contribution is -2.46. The van der Waals surface area contributed by atoms with E-state index < -0.39 is 0 Å². The molecule has 21 heavy (non-hydrogen) atoms. The van der Waals surface area contributed by atoms with E-state index in [-0.39, 0.29) is 5.97 Å². The molecule has 0 N–H and O–H groups in total. The average molecular weight is 297 g/mol. The molecule has 1 saturated carbocycles. The van der Waals surface area contributed by atoms with Crippen LogP contribution in [0.1, 0.15) is 58.3 Å². The Balaban J connectivity index is 1.96. The lowest BCUT2D eigenvalue weighted by Gasteiger charge is -2.40. The molecule has 1 aliphatic carbocycles. The number of carbonyl (C=O) groups is 1. The Hall–Kier alpha value is -0.610. The summed E-state index contributed by atoms with van der Waals surface area (Å²) >= 11 is 0. The highest BCUT2D eigenvalue weighted by molar-refractivity contribution is 5.69. The molecule has 0 aromatic carbocycles. The van der Waals surface area contributed by atoms with Gasteiger partial charge in [0.1, 0.15) is 0 Å². The number of rotatable bonds is 7. The summed E-state index contributed by atoms with van der Waals surface area (Å²) in [4.78, 5) is 14.0. The Morgan fingerprint density at radius 2 is 2.05 bits per heavy atom. The van der Waals surface area contributed by atoms with Gasteiger partial charge in [0.2, 0.25) is 0 Å². The number of carbonyl (C=O) groups excluding carboxylic acids is 1. The van der Waals surface area contributed by atoms with Crippen LogP contribution in [0.5, 0.6) is 0 Å². The van der Waals surface area contributed by atoms with Gasteiger partial charge >= 0.3 is 5.97 Å². The van der Waals surface area contributed by atoms with Crippen molar-refractivity contribution in [2.45, 2.75) is 70.4 Å². The van der Waals surface area contributed by atoms with Gasteiger partial charge in [-0.05, 0) is 31.6 Å². The number of methoxy groups -OCH3 is 1. The van der Waals surface area contributed by atoms with Gasteiger partial charge in [0, 0.05) is 25.7 Å². The molecular weight excluding hydrogens is 266 g/mol. The van der Waals surface area contributed by atoms with Gasteiger partial charge < -0.3 is 9.47 Å². The third-order valence-corrected chi connectivity index (χ3v) is 5.16. The molecule has 0 aromatic rings. The van der Waals surface area contributed by atoms with Crippen LogP contribution in [0.15, 0.2) is 0 Å². The third kappa shape index (κ3) is 4.96. The minimum absolute atomic E-state index is 0.101. The summed E-state index contributed by atoms with van der Waals surface area (Å²) in [5.41, 5.74) is 0. The third-order valence-electron chi connectivity index (χ3n) is 5.16. The highest BCUT2D eigenvalue weighted by atomic mass is 16.5. The molecule has 0 radical (unpaired) electrons. The fraction of sp³-hybridized carbons (Fsp3) is 0.941. The Morgan fingerprint density at radius 3 is 2.71 bits per heavy atom. The van der Waals surface area contributed by atoms with Crippen LogP contribution in [-0.4, -0.2) is 49.8 Å². The lowest BCUT2D eigenvalue weighted by molar-refractivity contribution is -0.141. The van der Waals surface area contributed by atoms with Gasteiger partial charge in [-0.1, -0.05) is 26.2 Å². The Labute approximate surface area is 129 Å². The quantitative estimate of drug-likeness (QED) is 0.677. The summed E-state index contributed by atoms with van der Waals surface area (Å²) in [6.45, 7) is 5.00. The molecule has 3 atom stereocenters. The van der Waals surface area contributed by atoms with Crippen LogP contribution in [-0.2, 0) is 14.3 Å². The molecule has 4 nitrogen and oxygen atoms in total. The molecule has 0 bridgehead atoms. The van der Waals surface area contributed by atoms with Crippen molar-refractivity contribution >= 4 is 5.97 Å². The van der Waals surface area contributed by atoms with Crippen LogP contribution < -0.4 is 0 Å². The summed E-state index contributed by atoms with van der Waals surface area (Å²) in [7, 11) is 1.47. The number of ether oxygens (including phenoxy) is 2. The zero-order valence-electron chi connectivity index (χ0n) is 13.7. The van der Waals surface area contributed by atoms with Crippen molar-refractivity contribution in [1.29, 1.82) is 0 Å². The van der Waals surface area contributed by atoms with Gasteiger partial charge in [-0.3, -0.25) is 9.69 Å². The highest BCUT2D eigenvalue weighted by Crippen LogP contribution is 2.31. The van der Waals surface area contributed by atoms with Crippen molar-refractivity contribution in [3.63, 3.8) is 0 Å². The summed E-state index contributed by atoms with van der Waals surface area (Å²) < 4.78 is 10.6. The summed E-state index contributed by atoms with van der Waals surface area (Å²) in [6, 6.07) is 0.623. The predicted molar refractivity (Wildman–Crippen MR) is 83.2 cm³/mol. The first-order valence-corrected chi connectivity index (χ1v) is 8.67. The Kier molecular flexibility index (Phi) is 6.97. The second-order valence-electron chi connectivity index (χ2n) is 6.48. The maximum absolute atomic E-state index is 11.5. The fourth-order valence-corrected chi connectivity index (χ4v) is 3.92. The van der Waals surface area contributed by atoms with Crippen LogP contribution in [0.4, 0.5) is 0 Å². The van der Waals surface area contributed by atoms with E-state index in [1.54, 1.807) is 0 Å². The van der Waals surface area contributed by atoms with Crippen molar-refractivity contribution < 1.29 is 14.3 Å². The minimum atomic E-state index is -0.101. The zero-order chi connectivity index (χ0) is 15.1. The number of nitrogens with zero attached hydrogens (tertiary/aromatic N) is 1. The molecule has 3 unspecified atom stereocenters. The van der Waals surface area contributed by atoms with Gasteiger partial charge in [-0.15, -0.1) is 0 Å². The Bertz CT molecular complexity index is 315. The smallest absolute Gasteiger partial charge is 0.306 e. The molecule has 1 saturated heterocycles. The van der Waals surface area contributed by atoms with Crippen LogP contribution in [0.2, 0.25) is 0 Å². The fourth-order valence-electron chi connectivity index (χ4n) is 3.92. The standard InChI is InChI=1S/C17H31NO3/c1-3-14-7-4-5-9-16(14)18(11-10-17(19)20-2)13-15-8-6-12-21-15/h14-16H,3-13H2,1-2H3. The second-order valence-corrected chi connectivity index (χ2v) is 6.48. The maximum atomic E-state index is 11.5. The SMILES string of the molecule is CCC1CCCCC1N(CCC(=O)OC)CC1CCCO1. The van der Waals surface area contributed by atoms with Crippen molar-refractivity contribution in [3.8, 4) is 0 Å². The van der Waals surface area contributed by atoms with Gasteiger partial charge in [0.15, 0.2) is 0 Å². The molecule has 122 valence electrons. The predicted octanol–water partition coefficient (Wildman–Crippen LogP) is 3.00. The first kappa shape index (κ1) is 16.8. The van der Waals surface area contributed by atoms with Crippen molar-refractivity contribution in [3.05, 3.63) is 0 Å². The van der Waals surface area contributed by atoms with E-state index in [9.17, 15) is 4.79 Å². The van der Waals surface area contributed by atoms with Gasteiger partial charge in [-0.25, -0.2) is 0 Å². The monoisotopic (exact) mass is 297 g/mol. The normalized spacial score (nSPS) is 29.8. The van der Waals surface area contributed by atoms with Crippen LogP contribution in [0.3, 0.4) is 0 Å².